The fraction of sp³-hybridized carbons (Fsp3) is 0.568. The van der Waals surface area contributed by atoms with Crippen LogP contribution in [0.5, 0.6) is 17.2 Å². The summed E-state index contributed by atoms with van der Waals surface area (Å²) in [5, 5.41) is 0. The van der Waals surface area contributed by atoms with E-state index in [0.29, 0.717) is 38.5 Å². The standard InChI is InChI=1S/C44H45F15O5S/c45-38(46,39(47,48)40(49,50)41(51,52)42(53,54)43(55,56)44(57,58)59)37(60)64-65(34-22-16-31(17-23-34)61-28-10-4-1-5-11-28,35-24-18-32(19-25-35)62-29-12-6-2-7-13-29)36-26-20-33(21-27-36)63-30-14-8-3-9-15-30/h16-30H,1-15H2. The van der Waals surface area contributed by atoms with E-state index in [9.17, 15) is 53.1 Å². The normalized spacial score (nSPS) is 18.8. The minimum absolute atomic E-state index is 0.197. The third-order valence-electron chi connectivity index (χ3n) is 11.8. The number of ether oxygens (including phenoxy) is 3. The summed E-state index contributed by atoms with van der Waals surface area (Å²) in [5.41, 5.74) is 0. The summed E-state index contributed by atoms with van der Waals surface area (Å²) in [6.45, 7) is 0. The Balaban J connectivity index is 1.47. The van der Waals surface area contributed by atoms with Gasteiger partial charge in [-0.3, -0.25) is 0 Å². The number of halogens is 15. The second-order valence-corrected chi connectivity index (χ2v) is 19.1. The Morgan fingerprint density at radius 1 is 0.385 bits per heavy atom. The van der Waals surface area contributed by atoms with Crippen LogP contribution in [0.4, 0.5) is 65.9 Å². The number of hydrogen-bond acceptors (Lipinski definition) is 5. The first kappa shape index (κ1) is 50.2. The van der Waals surface area contributed by atoms with Crippen LogP contribution >= 0.6 is 10.3 Å². The second-order valence-electron chi connectivity index (χ2n) is 16.4. The van der Waals surface area contributed by atoms with E-state index in [1.807, 2.05) is 0 Å². The second kappa shape index (κ2) is 18.8. The minimum atomic E-state index is -8.59. The van der Waals surface area contributed by atoms with Crippen molar-refractivity contribution in [2.24, 2.45) is 0 Å². The molecule has 21 heteroatoms. The Morgan fingerprint density at radius 3 is 0.923 bits per heavy atom. The van der Waals surface area contributed by atoms with Gasteiger partial charge in [-0.15, -0.1) is 0 Å². The fourth-order valence-electron chi connectivity index (χ4n) is 8.07. The van der Waals surface area contributed by atoms with Crippen molar-refractivity contribution in [3.63, 3.8) is 0 Å². The van der Waals surface area contributed by atoms with Crippen LogP contribution in [0.1, 0.15) is 96.3 Å². The molecule has 0 bridgehead atoms. The van der Waals surface area contributed by atoms with Crippen LogP contribution in [0.25, 0.3) is 0 Å². The van der Waals surface area contributed by atoms with E-state index in [-0.39, 0.29) is 50.2 Å². The smallest absolute Gasteiger partial charge is 0.460 e. The van der Waals surface area contributed by atoms with Gasteiger partial charge in [0.1, 0.15) is 17.2 Å². The monoisotopic (exact) mass is 970 g/mol. The topological polar surface area (TPSA) is 54.0 Å². The summed E-state index contributed by atoms with van der Waals surface area (Å²) in [4.78, 5) is 12.7. The number of rotatable bonds is 16. The molecule has 3 aliphatic carbocycles. The summed E-state index contributed by atoms with van der Waals surface area (Å²) < 4.78 is 239. The number of carbonyl (C=O) groups excluding carboxylic acids is 1. The highest BCUT2D eigenvalue weighted by atomic mass is 32.3. The predicted molar refractivity (Wildman–Crippen MR) is 206 cm³/mol. The molecule has 0 atom stereocenters. The molecule has 65 heavy (non-hydrogen) atoms. The average Bonchev–Trinajstić information content (AvgIpc) is 3.27. The fourth-order valence-corrected chi connectivity index (χ4v) is 11.1. The lowest BCUT2D eigenvalue weighted by molar-refractivity contribution is -0.450. The van der Waals surface area contributed by atoms with Crippen LogP contribution in [0.3, 0.4) is 0 Å². The maximum absolute atomic E-state index is 15.9. The summed E-state index contributed by atoms with van der Waals surface area (Å²) in [6.07, 6.45) is 3.47. The molecular formula is C44H45F15O5S. The van der Waals surface area contributed by atoms with E-state index >= 15 is 17.6 Å². The molecule has 5 nitrogen and oxygen atoms in total. The maximum Gasteiger partial charge on any atom is 0.460 e. The number of carbonyl (C=O) groups is 1. The Bertz CT molecular complexity index is 1890. The van der Waals surface area contributed by atoms with Gasteiger partial charge in [-0.05, 0) is 160 Å². The predicted octanol–water partition coefficient (Wildman–Crippen LogP) is 14.9. The molecule has 362 valence electrons. The van der Waals surface area contributed by atoms with Gasteiger partial charge in [0.05, 0.1) is 18.3 Å². The van der Waals surface area contributed by atoms with Crippen LogP contribution < -0.4 is 14.2 Å². The van der Waals surface area contributed by atoms with Gasteiger partial charge in [0.2, 0.25) is 0 Å². The molecule has 3 aromatic carbocycles. The minimum Gasteiger partial charge on any atom is -0.490 e. The van der Waals surface area contributed by atoms with Gasteiger partial charge in [-0.1, -0.05) is 19.3 Å². The lowest BCUT2D eigenvalue weighted by atomic mass is 9.91. The van der Waals surface area contributed by atoms with Crippen LogP contribution in [0.2, 0.25) is 0 Å². The van der Waals surface area contributed by atoms with E-state index in [4.69, 9.17) is 18.4 Å². The third-order valence-corrected chi connectivity index (χ3v) is 15.0. The molecule has 0 radical (unpaired) electrons. The Hall–Kier alpha value is -4.17. The molecule has 3 saturated carbocycles. The molecule has 0 heterocycles. The van der Waals surface area contributed by atoms with Gasteiger partial charge in [0.25, 0.3) is 0 Å². The maximum atomic E-state index is 15.9. The van der Waals surface area contributed by atoms with Crippen LogP contribution in [-0.2, 0) is 8.98 Å². The lowest BCUT2D eigenvalue weighted by Gasteiger charge is -2.43. The molecule has 0 aromatic heterocycles. The Labute approximate surface area is 365 Å². The SMILES string of the molecule is O=C(OS(c1ccc(OC2CCCCC2)cc1)(c1ccc(OC2CCCCC2)cc1)c1ccc(OC2CCCCC2)cc1)C(F)(F)C(F)(F)C(F)(F)C(F)(F)C(F)(F)C(F)(F)C(F)(F)F. The zero-order valence-corrected chi connectivity index (χ0v) is 35.2. The number of hydrogen-bond donors (Lipinski definition) is 0. The van der Waals surface area contributed by atoms with Crippen molar-refractivity contribution in [2.75, 3.05) is 0 Å². The largest absolute Gasteiger partial charge is 0.490 e. The first-order chi connectivity index (χ1) is 30.3. The number of benzene rings is 3. The van der Waals surface area contributed by atoms with Gasteiger partial charge in [-0.25, -0.2) is 4.79 Å². The Kier molecular flexibility index (Phi) is 14.6. The molecule has 0 saturated heterocycles. The molecule has 3 aliphatic rings. The van der Waals surface area contributed by atoms with E-state index in [1.165, 1.54) is 72.8 Å². The van der Waals surface area contributed by atoms with Gasteiger partial charge < -0.3 is 18.4 Å². The first-order valence-corrected chi connectivity index (χ1v) is 22.6. The van der Waals surface area contributed by atoms with Gasteiger partial charge in [0.15, 0.2) is 0 Å². The summed E-state index contributed by atoms with van der Waals surface area (Å²) >= 11 is 0. The highest BCUT2D eigenvalue weighted by Gasteiger charge is 2.94. The van der Waals surface area contributed by atoms with Crippen LogP contribution in [0, 0.1) is 0 Å². The van der Waals surface area contributed by atoms with Crippen molar-refractivity contribution in [1.82, 2.24) is 0 Å². The van der Waals surface area contributed by atoms with Crippen molar-refractivity contribution in [1.29, 1.82) is 0 Å². The molecular weight excluding hydrogens is 926 g/mol. The molecule has 3 aromatic rings. The van der Waals surface area contributed by atoms with E-state index in [1.54, 1.807) is 0 Å². The molecule has 0 aliphatic heterocycles. The van der Waals surface area contributed by atoms with Crippen molar-refractivity contribution < 1.29 is 89.0 Å². The average molecular weight is 971 g/mol. The third kappa shape index (κ3) is 9.54. The lowest BCUT2D eigenvalue weighted by Crippen LogP contribution is -2.73. The van der Waals surface area contributed by atoms with E-state index < -0.39 is 58.0 Å². The van der Waals surface area contributed by atoms with Crippen molar-refractivity contribution in [3.8, 4) is 17.2 Å². The van der Waals surface area contributed by atoms with E-state index in [0.717, 1.165) is 57.8 Å². The zero-order valence-electron chi connectivity index (χ0n) is 34.4. The first-order valence-electron chi connectivity index (χ1n) is 21.0. The van der Waals surface area contributed by atoms with Crippen molar-refractivity contribution in [2.45, 2.75) is 171 Å². The molecule has 0 unspecified atom stereocenters. The highest BCUT2D eigenvalue weighted by molar-refractivity contribution is 8.30. The zero-order chi connectivity index (χ0) is 47.7. The molecule has 0 N–H and O–H groups in total. The van der Waals surface area contributed by atoms with Crippen molar-refractivity contribution in [3.05, 3.63) is 72.8 Å². The van der Waals surface area contributed by atoms with Crippen molar-refractivity contribution >= 4 is 16.3 Å². The van der Waals surface area contributed by atoms with Crippen LogP contribution in [0.15, 0.2) is 87.5 Å². The molecule has 3 fully saturated rings. The van der Waals surface area contributed by atoms with E-state index in [2.05, 4.69) is 0 Å². The molecule has 6 rings (SSSR count). The summed E-state index contributed by atoms with van der Waals surface area (Å²) in [5.74, 6) is -52.4. The summed E-state index contributed by atoms with van der Waals surface area (Å²) in [6, 6.07) is 14.8. The van der Waals surface area contributed by atoms with Gasteiger partial charge >= 0.3 is 47.7 Å². The highest BCUT2D eigenvalue weighted by Crippen LogP contribution is 2.71. The quantitative estimate of drug-likeness (QED) is 0.134. The Morgan fingerprint density at radius 2 is 0.646 bits per heavy atom. The molecule has 0 spiro atoms. The van der Waals surface area contributed by atoms with Gasteiger partial charge in [-0.2, -0.15) is 65.9 Å². The number of alkyl halides is 15. The van der Waals surface area contributed by atoms with Gasteiger partial charge in [0, 0.05) is 14.7 Å². The summed E-state index contributed by atoms with van der Waals surface area (Å²) in [7, 11) is -4.36. The van der Waals surface area contributed by atoms with Crippen LogP contribution in [-0.4, -0.2) is 66.0 Å². The molecule has 0 amide bonds.